The van der Waals surface area contributed by atoms with Crippen LogP contribution in [0.2, 0.25) is 44.8 Å². The van der Waals surface area contributed by atoms with Crippen molar-refractivity contribution in [2.75, 3.05) is 6.61 Å². The van der Waals surface area contributed by atoms with Crippen LogP contribution in [0.25, 0.3) is 0 Å². The molecule has 2 fully saturated rings. The second-order valence-corrected chi connectivity index (χ2v) is 22.7. The fraction of sp³-hybridized carbons (Fsp3) is 0.714. The van der Waals surface area contributed by atoms with E-state index in [9.17, 15) is 14.7 Å². The van der Waals surface area contributed by atoms with Gasteiger partial charge in [-0.15, -0.1) is 5.54 Å². The van der Waals surface area contributed by atoms with Gasteiger partial charge in [0.2, 0.25) is 5.91 Å². The molecule has 3 aliphatic heterocycles. The Bertz CT molecular complexity index is 875. The Labute approximate surface area is 193 Å². The zero-order valence-electron chi connectivity index (χ0n) is 20.2. The molecule has 0 saturated carbocycles. The number of nitrogens with zero attached hydrogens (tertiary/aromatic N) is 1. The van der Waals surface area contributed by atoms with Crippen molar-refractivity contribution in [2.24, 2.45) is 0 Å². The van der Waals surface area contributed by atoms with E-state index < -0.39 is 55.1 Å². The average molecular weight is 498 g/mol. The van der Waals surface area contributed by atoms with Crippen molar-refractivity contribution in [2.45, 2.75) is 89.1 Å². The molecule has 3 heterocycles. The molecule has 2 saturated heterocycles. The highest BCUT2D eigenvalue weighted by atomic mass is 28.5. The fourth-order valence-electron chi connectivity index (χ4n) is 3.84. The summed E-state index contributed by atoms with van der Waals surface area (Å²) >= 11 is 0. The number of fused-ring (bicyclic) bond motifs is 1. The van der Waals surface area contributed by atoms with E-state index in [4.69, 9.17) is 17.7 Å². The molecule has 8 nitrogen and oxygen atoms in total. The van der Waals surface area contributed by atoms with Gasteiger partial charge in [-0.3, -0.25) is 14.5 Å². The Morgan fingerprint density at radius 3 is 2.47 bits per heavy atom. The molecule has 0 aromatic carbocycles. The van der Waals surface area contributed by atoms with E-state index in [-0.39, 0.29) is 24.4 Å². The smallest absolute Gasteiger partial charge is 0.329 e. The lowest BCUT2D eigenvalue weighted by Crippen LogP contribution is -2.63. The molecule has 3 aliphatic rings. The van der Waals surface area contributed by atoms with Crippen LogP contribution in [-0.4, -0.2) is 77.5 Å². The first kappa shape index (κ1) is 25.5. The van der Waals surface area contributed by atoms with Crippen LogP contribution in [-0.2, 0) is 27.3 Å². The van der Waals surface area contributed by atoms with E-state index in [0.717, 1.165) is 0 Å². The van der Waals surface area contributed by atoms with E-state index in [0.29, 0.717) is 0 Å². The van der Waals surface area contributed by atoms with Crippen LogP contribution in [0.15, 0.2) is 12.3 Å². The van der Waals surface area contributed by atoms with Gasteiger partial charge in [0, 0.05) is 6.20 Å². The third kappa shape index (κ3) is 5.18. The highest BCUT2D eigenvalue weighted by Gasteiger charge is 2.63. The Morgan fingerprint density at radius 1 is 1.25 bits per heavy atom. The maximum absolute atomic E-state index is 12.7. The molecule has 178 valence electrons. The summed E-state index contributed by atoms with van der Waals surface area (Å²) in [6.45, 7) is 16.4. The van der Waals surface area contributed by atoms with E-state index >= 15 is 0 Å². The van der Waals surface area contributed by atoms with E-state index in [2.05, 4.69) is 31.1 Å². The molecule has 0 bridgehead atoms. The van der Waals surface area contributed by atoms with Crippen LogP contribution in [0, 0.1) is 11.5 Å². The Morgan fingerprint density at radius 2 is 1.91 bits per heavy atom. The van der Waals surface area contributed by atoms with Gasteiger partial charge in [-0.1, -0.05) is 39.4 Å². The average Bonchev–Trinajstić information content (AvgIpc) is 2.89. The first-order valence-electron chi connectivity index (χ1n) is 11.0. The minimum absolute atomic E-state index is 0.0824. The molecular formula is C21H35NO7Si3. The SMILES string of the molecule is CC(C)[Si]1(C)O[C@@H]2[C@@H](CO[Si](C)(C)O1)O[C@@H](N1C=CC(=O)CC1=O)[C@]2(O)C#C[Si](C)(C)C. The minimum atomic E-state index is -2.82. The normalized spacial score (nSPS) is 37.6. The molecule has 0 aromatic heterocycles. The Balaban J connectivity index is 2.10. The molecule has 1 N–H and O–H groups in total. The molecule has 3 rings (SSSR count). The van der Waals surface area contributed by atoms with Crippen molar-refractivity contribution >= 4 is 36.9 Å². The van der Waals surface area contributed by atoms with Gasteiger partial charge in [0.25, 0.3) is 0 Å². The number of carbonyl (C=O) groups excluding carboxylic acids is 2. The van der Waals surface area contributed by atoms with Crippen LogP contribution >= 0.6 is 0 Å². The number of ketones is 1. The summed E-state index contributed by atoms with van der Waals surface area (Å²) in [6.07, 6.45) is -0.201. The maximum atomic E-state index is 12.7. The molecule has 0 radical (unpaired) electrons. The molecule has 0 aromatic rings. The van der Waals surface area contributed by atoms with E-state index in [1.165, 1.54) is 17.2 Å². The van der Waals surface area contributed by atoms with Gasteiger partial charge >= 0.3 is 17.1 Å². The van der Waals surface area contributed by atoms with Crippen LogP contribution in [0.3, 0.4) is 0 Å². The quantitative estimate of drug-likeness (QED) is 0.355. The zero-order chi connectivity index (χ0) is 24.1. The number of hydrogen-bond donors (Lipinski definition) is 1. The molecule has 0 aliphatic carbocycles. The number of aliphatic hydroxyl groups is 1. The maximum Gasteiger partial charge on any atom is 0.329 e. The first-order valence-corrected chi connectivity index (χ1v) is 19.7. The summed E-state index contributed by atoms with van der Waals surface area (Å²) in [6, 6.07) is 0. The van der Waals surface area contributed by atoms with Crippen molar-refractivity contribution in [3.05, 3.63) is 12.3 Å². The standard InChI is InChI=1S/C21H35NO7Si3/c1-15(2)32(8)28-19-17(14-26-31(6,7)29-32)27-20(21(19,25)10-12-30(3,4)5)22-11-9-16(23)13-18(22)24/h9,11,15,17,19-20,25H,13-14H2,1-8H3/t17-,19-,20-,21+,32?/m1/s1. The topological polar surface area (TPSA) is 94.5 Å². The number of ether oxygens (including phenoxy) is 1. The highest BCUT2D eigenvalue weighted by molar-refractivity contribution is 6.84. The van der Waals surface area contributed by atoms with Gasteiger partial charge in [-0.25, -0.2) is 0 Å². The monoisotopic (exact) mass is 497 g/mol. The number of allylic oxidation sites excluding steroid dienone is 1. The van der Waals surface area contributed by atoms with Crippen LogP contribution in [0.1, 0.15) is 20.3 Å². The predicted molar refractivity (Wildman–Crippen MR) is 126 cm³/mol. The van der Waals surface area contributed by atoms with Crippen LogP contribution < -0.4 is 0 Å². The molecular weight excluding hydrogens is 462 g/mol. The summed E-state index contributed by atoms with van der Waals surface area (Å²) in [5.41, 5.74) is 1.51. The fourth-order valence-corrected chi connectivity index (χ4v) is 11.4. The predicted octanol–water partition coefficient (Wildman–Crippen LogP) is 2.25. The molecule has 5 atom stereocenters. The second kappa shape index (κ2) is 8.59. The summed E-state index contributed by atoms with van der Waals surface area (Å²) in [5, 5.41) is 12.0. The van der Waals surface area contributed by atoms with Crippen molar-refractivity contribution < 1.29 is 32.4 Å². The summed E-state index contributed by atoms with van der Waals surface area (Å²) < 4.78 is 25.5. The largest absolute Gasteiger partial charge is 0.415 e. The zero-order valence-corrected chi connectivity index (χ0v) is 23.2. The van der Waals surface area contributed by atoms with Crippen molar-refractivity contribution in [3.63, 3.8) is 0 Å². The number of hydrogen-bond acceptors (Lipinski definition) is 7. The second-order valence-electron chi connectivity index (χ2n) is 10.6. The van der Waals surface area contributed by atoms with Crippen molar-refractivity contribution in [1.82, 2.24) is 4.90 Å². The minimum Gasteiger partial charge on any atom is -0.415 e. The van der Waals surface area contributed by atoms with Gasteiger partial charge < -0.3 is 22.8 Å². The lowest BCUT2D eigenvalue weighted by molar-refractivity contribution is -0.153. The number of amides is 1. The van der Waals surface area contributed by atoms with Gasteiger partial charge in [0.05, 0.1) is 13.0 Å². The molecule has 32 heavy (non-hydrogen) atoms. The summed E-state index contributed by atoms with van der Waals surface area (Å²) in [4.78, 5) is 25.7. The summed E-state index contributed by atoms with van der Waals surface area (Å²) in [5.74, 6) is 2.32. The lowest BCUT2D eigenvalue weighted by Gasteiger charge is -2.44. The number of carbonyl (C=O) groups is 2. The summed E-state index contributed by atoms with van der Waals surface area (Å²) in [7, 11) is -7.22. The molecule has 1 unspecified atom stereocenters. The van der Waals surface area contributed by atoms with Crippen molar-refractivity contribution in [1.29, 1.82) is 0 Å². The molecule has 0 spiro atoms. The van der Waals surface area contributed by atoms with Gasteiger partial charge in [0.15, 0.2) is 17.6 Å². The highest BCUT2D eigenvalue weighted by Crippen LogP contribution is 2.42. The van der Waals surface area contributed by atoms with Crippen molar-refractivity contribution in [3.8, 4) is 11.5 Å². The van der Waals surface area contributed by atoms with Gasteiger partial charge in [-0.05, 0) is 31.3 Å². The third-order valence-electron chi connectivity index (χ3n) is 5.83. The van der Waals surface area contributed by atoms with Gasteiger partial charge in [-0.2, -0.15) is 0 Å². The number of rotatable bonds is 2. The van der Waals surface area contributed by atoms with E-state index in [1.54, 1.807) is 0 Å². The van der Waals surface area contributed by atoms with E-state index in [1.807, 2.05) is 33.5 Å². The first-order chi connectivity index (χ1) is 14.6. The third-order valence-corrected chi connectivity index (χ3v) is 14.0. The van der Waals surface area contributed by atoms with Crippen LogP contribution in [0.5, 0.6) is 0 Å². The Kier molecular flexibility index (Phi) is 6.85. The lowest BCUT2D eigenvalue weighted by atomic mass is 9.94. The molecule has 1 amide bonds. The Hall–Kier alpha value is -1.11. The van der Waals surface area contributed by atoms with Gasteiger partial charge in [0.1, 0.15) is 20.3 Å². The molecule has 11 heteroatoms. The van der Waals surface area contributed by atoms with Crippen LogP contribution in [0.4, 0.5) is 0 Å².